The summed E-state index contributed by atoms with van der Waals surface area (Å²) in [7, 11) is -2.84. The van der Waals surface area contributed by atoms with E-state index in [4.69, 9.17) is 11.6 Å². The molecule has 0 N–H and O–H groups in total. The molecule has 1 fully saturated rings. The first-order valence-electron chi connectivity index (χ1n) is 5.54. The number of alkyl halides is 1. The Morgan fingerprint density at radius 2 is 2.24 bits per heavy atom. The van der Waals surface area contributed by atoms with Crippen LogP contribution in [-0.4, -0.2) is 25.8 Å². The molecule has 5 heteroatoms. The predicted molar refractivity (Wildman–Crippen MR) is 74.4 cm³/mol. The third-order valence-corrected chi connectivity index (χ3v) is 5.90. The van der Waals surface area contributed by atoms with E-state index in [1.54, 1.807) is 0 Å². The van der Waals surface area contributed by atoms with Crippen LogP contribution in [0.15, 0.2) is 28.7 Å². The van der Waals surface area contributed by atoms with E-state index in [0.29, 0.717) is 11.6 Å². The zero-order valence-electron chi connectivity index (χ0n) is 9.27. The molecule has 2 unspecified atom stereocenters. The fourth-order valence-corrected chi connectivity index (χ4v) is 5.09. The first-order valence-corrected chi connectivity index (χ1v) is 8.68. The van der Waals surface area contributed by atoms with Crippen LogP contribution in [0, 0.1) is 5.92 Å². The van der Waals surface area contributed by atoms with Gasteiger partial charge < -0.3 is 0 Å². The quantitative estimate of drug-likeness (QED) is 0.794. The fourth-order valence-electron chi connectivity index (χ4n) is 2.37. The van der Waals surface area contributed by atoms with Gasteiger partial charge >= 0.3 is 0 Å². The van der Waals surface area contributed by atoms with E-state index in [9.17, 15) is 8.42 Å². The van der Waals surface area contributed by atoms with Gasteiger partial charge in [-0.15, -0.1) is 11.6 Å². The summed E-state index contributed by atoms with van der Waals surface area (Å²) in [5.74, 6) is 1.34. The largest absolute Gasteiger partial charge is 0.229 e. The molecule has 94 valence electrons. The van der Waals surface area contributed by atoms with Crippen LogP contribution >= 0.6 is 27.5 Å². The van der Waals surface area contributed by atoms with Gasteiger partial charge in [-0.2, -0.15) is 0 Å². The first kappa shape index (κ1) is 13.4. The van der Waals surface area contributed by atoms with Crippen LogP contribution in [-0.2, 0) is 9.84 Å². The van der Waals surface area contributed by atoms with Crippen molar-refractivity contribution in [2.75, 3.05) is 17.4 Å². The Morgan fingerprint density at radius 3 is 2.76 bits per heavy atom. The molecule has 0 aromatic heterocycles. The Balaban J connectivity index is 2.23. The summed E-state index contributed by atoms with van der Waals surface area (Å²) in [6.45, 7) is 0. The van der Waals surface area contributed by atoms with Gasteiger partial charge in [-0.25, -0.2) is 8.42 Å². The maximum absolute atomic E-state index is 11.5. The average molecular weight is 338 g/mol. The van der Waals surface area contributed by atoms with Crippen molar-refractivity contribution in [3.05, 3.63) is 34.3 Å². The van der Waals surface area contributed by atoms with Gasteiger partial charge in [0.25, 0.3) is 0 Å². The number of benzene rings is 1. The Hall–Kier alpha value is -0.0600. The summed E-state index contributed by atoms with van der Waals surface area (Å²) in [5.41, 5.74) is 1.12. The molecule has 1 aliphatic rings. The van der Waals surface area contributed by atoms with Crippen molar-refractivity contribution in [3.63, 3.8) is 0 Å². The minimum absolute atomic E-state index is 0.131. The zero-order valence-corrected chi connectivity index (χ0v) is 12.4. The Labute approximate surface area is 115 Å². The lowest BCUT2D eigenvalue weighted by atomic mass is 9.87. The van der Waals surface area contributed by atoms with Gasteiger partial charge in [0.15, 0.2) is 9.84 Å². The van der Waals surface area contributed by atoms with Gasteiger partial charge in [0.2, 0.25) is 0 Å². The number of halogens is 2. The highest BCUT2D eigenvalue weighted by Gasteiger charge is 2.33. The van der Waals surface area contributed by atoms with Crippen LogP contribution in [0.2, 0.25) is 0 Å². The van der Waals surface area contributed by atoms with Gasteiger partial charge in [0.05, 0.1) is 11.5 Å². The molecule has 1 aromatic rings. The average Bonchev–Trinajstić information content (AvgIpc) is 2.60. The number of rotatable bonds is 3. The second kappa shape index (κ2) is 5.29. The summed E-state index contributed by atoms with van der Waals surface area (Å²) in [6, 6.07) is 7.96. The van der Waals surface area contributed by atoms with Crippen molar-refractivity contribution in [2.24, 2.45) is 5.92 Å². The molecule has 17 heavy (non-hydrogen) atoms. The molecule has 1 heterocycles. The normalized spacial score (nSPS) is 24.7. The summed E-state index contributed by atoms with van der Waals surface area (Å²) < 4.78 is 24.0. The van der Waals surface area contributed by atoms with Crippen molar-refractivity contribution in [1.82, 2.24) is 0 Å². The van der Waals surface area contributed by atoms with Gasteiger partial charge in [0.1, 0.15) is 0 Å². The molecule has 0 radical (unpaired) electrons. The molecule has 2 rings (SSSR count). The number of hydrogen-bond acceptors (Lipinski definition) is 2. The minimum atomic E-state index is -2.84. The third kappa shape index (κ3) is 3.24. The van der Waals surface area contributed by atoms with E-state index in [0.717, 1.165) is 16.5 Å². The van der Waals surface area contributed by atoms with Gasteiger partial charge in [0, 0.05) is 16.3 Å². The van der Waals surface area contributed by atoms with Crippen molar-refractivity contribution in [2.45, 2.75) is 12.3 Å². The Kier molecular flexibility index (Phi) is 4.16. The summed E-state index contributed by atoms with van der Waals surface area (Å²) >= 11 is 9.45. The van der Waals surface area contributed by atoms with Crippen LogP contribution in [0.25, 0.3) is 0 Å². The van der Waals surface area contributed by atoms with Crippen LogP contribution < -0.4 is 0 Å². The van der Waals surface area contributed by atoms with E-state index in [1.165, 1.54) is 0 Å². The molecule has 0 saturated carbocycles. The Bertz CT molecular complexity index is 501. The lowest BCUT2D eigenvalue weighted by Crippen LogP contribution is -2.16. The van der Waals surface area contributed by atoms with Gasteiger partial charge in [-0.1, -0.05) is 28.1 Å². The van der Waals surface area contributed by atoms with Gasteiger partial charge in [-0.3, -0.25) is 0 Å². The smallest absolute Gasteiger partial charge is 0.150 e. The van der Waals surface area contributed by atoms with E-state index < -0.39 is 9.84 Å². The van der Waals surface area contributed by atoms with Gasteiger partial charge in [-0.05, 0) is 30.0 Å². The van der Waals surface area contributed by atoms with Crippen LogP contribution in [0.3, 0.4) is 0 Å². The highest BCUT2D eigenvalue weighted by Crippen LogP contribution is 2.34. The molecule has 2 atom stereocenters. The minimum Gasteiger partial charge on any atom is -0.229 e. The van der Waals surface area contributed by atoms with E-state index in [1.807, 2.05) is 24.3 Å². The molecule has 0 amide bonds. The highest BCUT2D eigenvalue weighted by atomic mass is 79.9. The molecule has 0 aliphatic carbocycles. The van der Waals surface area contributed by atoms with E-state index >= 15 is 0 Å². The zero-order chi connectivity index (χ0) is 12.5. The number of hydrogen-bond donors (Lipinski definition) is 0. The molecule has 0 bridgehead atoms. The first-order chi connectivity index (χ1) is 8.02. The van der Waals surface area contributed by atoms with Crippen molar-refractivity contribution >= 4 is 37.4 Å². The molecule has 1 saturated heterocycles. The standard InChI is InChI=1S/C12H14BrClO2S/c13-11-3-1-2-9(6-11)12(7-14)10-4-5-17(15,16)8-10/h1-3,6,10,12H,4-5,7-8H2. The van der Waals surface area contributed by atoms with Crippen molar-refractivity contribution < 1.29 is 8.42 Å². The van der Waals surface area contributed by atoms with Crippen LogP contribution in [0.1, 0.15) is 17.9 Å². The highest BCUT2D eigenvalue weighted by molar-refractivity contribution is 9.10. The SMILES string of the molecule is O=S1(=O)CCC(C(CCl)c2cccc(Br)c2)C1. The monoisotopic (exact) mass is 336 g/mol. The van der Waals surface area contributed by atoms with E-state index in [2.05, 4.69) is 15.9 Å². The fraction of sp³-hybridized carbons (Fsp3) is 0.500. The summed E-state index contributed by atoms with van der Waals surface area (Å²) in [5, 5.41) is 0. The second-order valence-electron chi connectivity index (χ2n) is 4.48. The van der Waals surface area contributed by atoms with Crippen molar-refractivity contribution in [1.29, 1.82) is 0 Å². The van der Waals surface area contributed by atoms with Crippen molar-refractivity contribution in [3.8, 4) is 0 Å². The van der Waals surface area contributed by atoms with Crippen LogP contribution in [0.4, 0.5) is 0 Å². The topological polar surface area (TPSA) is 34.1 Å². The molecular formula is C12H14BrClO2S. The predicted octanol–water partition coefficient (Wildman–Crippen LogP) is 3.21. The molecule has 1 aliphatic heterocycles. The summed E-state index contributed by atoms with van der Waals surface area (Å²) in [6.07, 6.45) is 0.728. The molecular weight excluding hydrogens is 324 g/mol. The maximum atomic E-state index is 11.5. The summed E-state index contributed by atoms with van der Waals surface area (Å²) in [4.78, 5) is 0. The number of sulfone groups is 1. The second-order valence-corrected chi connectivity index (χ2v) is 7.93. The maximum Gasteiger partial charge on any atom is 0.150 e. The lowest BCUT2D eigenvalue weighted by molar-refractivity contribution is 0.501. The molecule has 2 nitrogen and oxygen atoms in total. The third-order valence-electron chi connectivity index (χ3n) is 3.28. The molecule has 0 spiro atoms. The lowest BCUT2D eigenvalue weighted by Gasteiger charge is -2.20. The van der Waals surface area contributed by atoms with Crippen LogP contribution in [0.5, 0.6) is 0 Å². The molecule has 1 aromatic carbocycles. The van der Waals surface area contributed by atoms with E-state index in [-0.39, 0.29) is 17.6 Å². The Morgan fingerprint density at radius 1 is 1.47 bits per heavy atom.